The first kappa shape index (κ1) is 15.2. The Labute approximate surface area is 122 Å². The fraction of sp³-hybridized carbons (Fsp3) is 0.500. The van der Waals surface area contributed by atoms with Crippen LogP contribution in [-0.4, -0.2) is 52.3 Å². The van der Waals surface area contributed by atoms with Gasteiger partial charge in [-0.25, -0.2) is 14.6 Å². The molecule has 1 aliphatic rings. The molecule has 0 bridgehead atoms. The molecule has 0 radical (unpaired) electrons. The number of hydrogen-bond donors (Lipinski definition) is 2. The fourth-order valence-electron chi connectivity index (χ4n) is 2.16. The summed E-state index contributed by atoms with van der Waals surface area (Å²) in [4.78, 5) is 28.5. The van der Waals surface area contributed by atoms with Crippen molar-refractivity contribution < 1.29 is 19.4 Å². The minimum absolute atomic E-state index is 0.0145. The highest BCUT2D eigenvalue weighted by Gasteiger charge is 2.33. The van der Waals surface area contributed by atoms with Gasteiger partial charge in [-0.2, -0.15) is 0 Å². The third kappa shape index (κ3) is 3.69. The lowest BCUT2D eigenvalue weighted by Gasteiger charge is -2.41. The Morgan fingerprint density at radius 2 is 2.24 bits per heavy atom. The van der Waals surface area contributed by atoms with E-state index in [0.717, 1.165) is 5.56 Å². The number of carboxylic acid groups (broad SMARTS) is 1. The topological polar surface area (TPSA) is 91.8 Å². The molecule has 0 aliphatic carbocycles. The SMILES string of the molecule is CC1(C)COCCN1C(=O)NCc1ccc(C(=O)O)nc1. The van der Waals surface area contributed by atoms with E-state index in [1.54, 1.807) is 11.0 Å². The fourth-order valence-corrected chi connectivity index (χ4v) is 2.16. The van der Waals surface area contributed by atoms with Crippen LogP contribution in [-0.2, 0) is 11.3 Å². The molecule has 0 unspecified atom stereocenters. The Hall–Kier alpha value is -2.15. The number of nitrogens with one attached hydrogen (secondary N) is 1. The second-order valence-corrected chi connectivity index (χ2v) is 5.53. The van der Waals surface area contributed by atoms with Crippen LogP contribution in [0.25, 0.3) is 0 Å². The quantitative estimate of drug-likeness (QED) is 0.870. The van der Waals surface area contributed by atoms with Crippen molar-refractivity contribution in [1.29, 1.82) is 0 Å². The van der Waals surface area contributed by atoms with Gasteiger partial charge < -0.3 is 20.1 Å². The number of rotatable bonds is 3. The summed E-state index contributed by atoms with van der Waals surface area (Å²) in [7, 11) is 0. The summed E-state index contributed by atoms with van der Waals surface area (Å²) in [5, 5.41) is 11.6. The maximum absolute atomic E-state index is 12.2. The molecule has 0 spiro atoms. The highest BCUT2D eigenvalue weighted by Crippen LogP contribution is 2.18. The second kappa shape index (κ2) is 6.09. The zero-order chi connectivity index (χ0) is 15.5. The second-order valence-electron chi connectivity index (χ2n) is 5.53. The lowest BCUT2D eigenvalue weighted by Crippen LogP contribution is -2.58. The van der Waals surface area contributed by atoms with Gasteiger partial charge in [0.1, 0.15) is 5.69 Å². The first-order chi connectivity index (χ1) is 9.90. The van der Waals surface area contributed by atoms with Crippen molar-refractivity contribution in [1.82, 2.24) is 15.2 Å². The predicted molar refractivity (Wildman–Crippen MR) is 75.0 cm³/mol. The third-order valence-corrected chi connectivity index (χ3v) is 3.38. The molecule has 0 aromatic carbocycles. The summed E-state index contributed by atoms with van der Waals surface area (Å²) in [6.45, 7) is 5.80. The van der Waals surface area contributed by atoms with Crippen LogP contribution in [0.3, 0.4) is 0 Å². The molecule has 114 valence electrons. The molecule has 0 saturated carbocycles. The number of nitrogens with zero attached hydrogens (tertiary/aromatic N) is 2. The highest BCUT2D eigenvalue weighted by atomic mass is 16.5. The number of morpholine rings is 1. The molecule has 1 aromatic heterocycles. The summed E-state index contributed by atoms with van der Waals surface area (Å²) in [6.07, 6.45) is 1.45. The number of aromatic nitrogens is 1. The highest BCUT2D eigenvalue weighted by molar-refractivity contribution is 5.85. The summed E-state index contributed by atoms with van der Waals surface area (Å²) in [5.74, 6) is -1.07. The number of urea groups is 1. The van der Waals surface area contributed by atoms with E-state index in [2.05, 4.69) is 10.3 Å². The predicted octanol–water partition coefficient (Wildman–Crippen LogP) is 1.10. The van der Waals surface area contributed by atoms with Crippen LogP contribution in [0.1, 0.15) is 29.9 Å². The lowest BCUT2D eigenvalue weighted by molar-refractivity contribution is -0.0278. The van der Waals surface area contributed by atoms with Crippen molar-refractivity contribution in [3.63, 3.8) is 0 Å². The Bertz CT molecular complexity index is 528. The van der Waals surface area contributed by atoms with Gasteiger partial charge in [-0.1, -0.05) is 6.07 Å². The van der Waals surface area contributed by atoms with E-state index in [4.69, 9.17) is 9.84 Å². The molecule has 0 atom stereocenters. The van der Waals surface area contributed by atoms with E-state index in [0.29, 0.717) is 26.3 Å². The van der Waals surface area contributed by atoms with Gasteiger partial charge in [0, 0.05) is 19.3 Å². The summed E-state index contributed by atoms with van der Waals surface area (Å²) >= 11 is 0. The zero-order valence-corrected chi connectivity index (χ0v) is 12.1. The summed E-state index contributed by atoms with van der Waals surface area (Å²) in [6, 6.07) is 2.90. The molecule has 7 heteroatoms. The smallest absolute Gasteiger partial charge is 0.354 e. The Morgan fingerprint density at radius 1 is 1.48 bits per heavy atom. The third-order valence-electron chi connectivity index (χ3n) is 3.38. The van der Waals surface area contributed by atoms with Crippen molar-refractivity contribution in [2.24, 2.45) is 0 Å². The van der Waals surface area contributed by atoms with Crippen LogP contribution >= 0.6 is 0 Å². The number of aromatic carboxylic acids is 1. The minimum atomic E-state index is -1.07. The number of carbonyl (C=O) groups excluding carboxylic acids is 1. The maximum atomic E-state index is 12.2. The van der Waals surface area contributed by atoms with Crippen LogP contribution < -0.4 is 5.32 Å². The monoisotopic (exact) mass is 293 g/mol. The average molecular weight is 293 g/mol. The van der Waals surface area contributed by atoms with Gasteiger partial charge in [0.2, 0.25) is 0 Å². The van der Waals surface area contributed by atoms with E-state index >= 15 is 0 Å². The standard InChI is InChI=1S/C14H19N3O4/c1-14(2)9-21-6-5-17(14)13(20)16-8-10-3-4-11(12(18)19)15-7-10/h3-4,7H,5-6,8-9H2,1-2H3,(H,16,20)(H,18,19). The van der Waals surface area contributed by atoms with Crippen molar-refractivity contribution in [2.45, 2.75) is 25.9 Å². The van der Waals surface area contributed by atoms with Gasteiger partial charge in [0.05, 0.1) is 18.8 Å². The largest absolute Gasteiger partial charge is 0.477 e. The van der Waals surface area contributed by atoms with E-state index < -0.39 is 5.97 Å². The van der Waals surface area contributed by atoms with Crippen LogP contribution in [0, 0.1) is 0 Å². The molecule has 21 heavy (non-hydrogen) atoms. The zero-order valence-electron chi connectivity index (χ0n) is 12.1. The summed E-state index contributed by atoms with van der Waals surface area (Å²) in [5.41, 5.74) is 0.395. The molecule has 1 aliphatic heterocycles. The summed E-state index contributed by atoms with van der Waals surface area (Å²) < 4.78 is 5.38. The lowest BCUT2D eigenvalue weighted by atomic mass is 10.0. The van der Waals surface area contributed by atoms with Gasteiger partial charge in [-0.05, 0) is 25.5 Å². The Balaban J connectivity index is 1.93. The molecular weight excluding hydrogens is 274 g/mol. The van der Waals surface area contributed by atoms with Crippen molar-refractivity contribution in [3.05, 3.63) is 29.6 Å². The molecule has 2 N–H and O–H groups in total. The Morgan fingerprint density at radius 3 is 2.81 bits per heavy atom. The van der Waals surface area contributed by atoms with E-state index in [9.17, 15) is 9.59 Å². The molecule has 1 fully saturated rings. The maximum Gasteiger partial charge on any atom is 0.354 e. The van der Waals surface area contributed by atoms with Gasteiger partial charge >= 0.3 is 12.0 Å². The number of carbonyl (C=O) groups is 2. The minimum Gasteiger partial charge on any atom is -0.477 e. The molecule has 1 saturated heterocycles. The molecule has 2 amide bonds. The number of ether oxygens (including phenoxy) is 1. The van der Waals surface area contributed by atoms with Gasteiger partial charge in [-0.15, -0.1) is 0 Å². The van der Waals surface area contributed by atoms with Crippen molar-refractivity contribution in [3.8, 4) is 0 Å². The van der Waals surface area contributed by atoms with E-state index in [1.165, 1.54) is 12.3 Å². The number of amides is 2. The van der Waals surface area contributed by atoms with Crippen molar-refractivity contribution >= 4 is 12.0 Å². The molecule has 2 rings (SSSR count). The van der Waals surface area contributed by atoms with Crippen LogP contribution in [0.4, 0.5) is 4.79 Å². The van der Waals surface area contributed by atoms with E-state index in [-0.39, 0.29) is 17.3 Å². The van der Waals surface area contributed by atoms with Crippen molar-refractivity contribution in [2.75, 3.05) is 19.8 Å². The molecule has 1 aromatic rings. The number of carboxylic acids is 1. The van der Waals surface area contributed by atoms with Crippen LogP contribution in [0.2, 0.25) is 0 Å². The van der Waals surface area contributed by atoms with Crippen LogP contribution in [0.15, 0.2) is 18.3 Å². The molecule has 7 nitrogen and oxygen atoms in total. The number of pyridine rings is 1. The van der Waals surface area contributed by atoms with Gasteiger partial charge in [0.25, 0.3) is 0 Å². The first-order valence-corrected chi connectivity index (χ1v) is 6.71. The van der Waals surface area contributed by atoms with Crippen LogP contribution in [0.5, 0.6) is 0 Å². The Kier molecular flexibility index (Phi) is 4.42. The number of hydrogen-bond acceptors (Lipinski definition) is 4. The normalized spacial score (nSPS) is 17.3. The first-order valence-electron chi connectivity index (χ1n) is 6.71. The van der Waals surface area contributed by atoms with Gasteiger partial charge in [0.15, 0.2) is 0 Å². The van der Waals surface area contributed by atoms with Gasteiger partial charge in [-0.3, -0.25) is 0 Å². The average Bonchev–Trinajstić information content (AvgIpc) is 2.44. The molecular formula is C14H19N3O4. The van der Waals surface area contributed by atoms with E-state index in [1.807, 2.05) is 13.8 Å². The molecule has 2 heterocycles.